The van der Waals surface area contributed by atoms with Gasteiger partial charge in [-0.25, -0.2) is 4.57 Å². The summed E-state index contributed by atoms with van der Waals surface area (Å²) in [6.07, 6.45) is 24.1. The van der Waals surface area contributed by atoms with Crippen molar-refractivity contribution in [2.75, 3.05) is 19.8 Å². The number of phosphoric acid groups is 1. The maximum absolute atomic E-state index is 10.5. The number of allylic oxidation sites excluding steroid dienone is 2. The van der Waals surface area contributed by atoms with E-state index >= 15 is 0 Å². The Morgan fingerprint density at radius 2 is 1.20 bits per heavy atom. The van der Waals surface area contributed by atoms with Crippen LogP contribution in [-0.4, -0.2) is 40.8 Å². The number of ether oxygens (including phenoxy) is 1. The molecule has 0 fully saturated rings. The number of rotatable bonds is 23. The van der Waals surface area contributed by atoms with E-state index in [1.54, 1.807) is 0 Å². The fraction of sp³-hybridized carbons (Fsp3) is 0.913. The summed E-state index contributed by atoms with van der Waals surface area (Å²) >= 11 is 0. The van der Waals surface area contributed by atoms with Crippen molar-refractivity contribution in [3.63, 3.8) is 0 Å². The minimum atomic E-state index is -4.52. The van der Waals surface area contributed by atoms with Gasteiger partial charge in [0.25, 0.3) is 0 Å². The van der Waals surface area contributed by atoms with Crippen LogP contribution in [0.15, 0.2) is 12.2 Å². The molecule has 0 saturated carbocycles. The van der Waals surface area contributed by atoms with E-state index in [2.05, 4.69) is 23.6 Å². The predicted octanol–water partition coefficient (Wildman–Crippen LogP) is 6.29. The molecule has 0 aliphatic carbocycles. The number of phosphoric ester groups is 1. The number of aliphatic hydroxyl groups excluding tert-OH is 1. The molecule has 0 aliphatic rings. The average Bonchev–Trinajstić information content (AvgIpc) is 2.70. The molecule has 7 heteroatoms. The number of hydrogen-bond donors (Lipinski definition) is 3. The normalized spacial score (nSPS) is 13.3. The highest BCUT2D eigenvalue weighted by atomic mass is 31.2. The summed E-state index contributed by atoms with van der Waals surface area (Å²) in [7, 11) is -4.52. The van der Waals surface area contributed by atoms with E-state index in [9.17, 15) is 9.67 Å². The third kappa shape index (κ3) is 25.8. The smallest absolute Gasteiger partial charge is 0.388 e. The van der Waals surface area contributed by atoms with E-state index in [4.69, 9.17) is 14.5 Å². The zero-order valence-electron chi connectivity index (χ0n) is 19.2. The molecule has 0 saturated heterocycles. The van der Waals surface area contributed by atoms with Crippen LogP contribution >= 0.6 is 7.82 Å². The molecule has 0 aliphatic heterocycles. The highest BCUT2D eigenvalue weighted by molar-refractivity contribution is 7.46. The maximum Gasteiger partial charge on any atom is 0.469 e. The van der Waals surface area contributed by atoms with Crippen LogP contribution in [0.1, 0.15) is 110 Å². The van der Waals surface area contributed by atoms with Gasteiger partial charge in [-0.05, 0) is 32.1 Å². The van der Waals surface area contributed by atoms with Crippen LogP contribution in [-0.2, 0) is 13.8 Å². The first-order valence-electron chi connectivity index (χ1n) is 12.1. The van der Waals surface area contributed by atoms with Crippen molar-refractivity contribution < 1.29 is 28.7 Å². The second-order valence-electron chi connectivity index (χ2n) is 8.16. The first-order chi connectivity index (χ1) is 14.5. The summed E-state index contributed by atoms with van der Waals surface area (Å²) in [6.45, 7) is 2.43. The van der Waals surface area contributed by atoms with Crippen molar-refractivity contribution in [1.29, 1.82) is 0 Å². The molecule has 0 heterocycles. The Morgan fingerprint density at radius 1 is 0.733 bits per heavy atom. The lowest BCUT2D eigenvalue weighted by molar-refractivity contribution is 0.00476. The first kappa shape index (κ1) is 29.8. The molecule has 0 aromatic rings. The summed E-state index contributed by atoms with van der Waals surface area (Å²) in [4.78, 5) is 17.1. The average molecular weight is 451 g/mol. The van der Waals surface area contributed by atoms with E-state index in [-0.39, 0.29) is 6.61 Å². The SMILES string of the molecule is CCCCCCCC/C=C\CCCCCCCCCCOCC(O)COP(=O)(O)O. The van der Waals surface area contributed by atoms with E-state index < -0.39 is 20.5 Å². The van der Waals surface area contributed by atoms with Crippen LogP contribution in [0.2, 0.25) is 0 Å². The second kappa shape index (κ2) is 22.0. The second-order valence-corrected chi connectivity index (χ2v) is 9.40. The van der Waals surface area contributed by atoms with Crippen molar-refractivity contribution in [3.05, 3.63) is 12.2 Å². The minimum absolute atomic E-state index is 0.0351. The summed E-state index contributed by atoms with van der Waals surface area (Å²) in [5.74, 6) is 0. The Labute approximate surface area is 184 Å². The third-order valence-electron chi connectivity index (χ3n) is 5.05. The van der Waals surface area contributed by atoms with Gasteiger partial charge in [0.2, 0.25) is 0 Å². The lowest BCUT2D eigenvalue weighted by atomic mass is 10.1. The van der Waals surface area contributed by atoms with E-state index in [1.807, 2.05) is 0 Å². The zero-order valence-corrected chi connectivity index (χ0v) is 20.1. The van der Waals surface area contributed by atoms with E-state index in [0.717, 1.165) is 12.8 Å². The van der Waals surface area contributed by atoms with Gasteiger partial charge in [0, 0.05) is 6.61 Å². The summed E-state index contributed by atoms with van der Waals surface area (Å²) < 4.78 is 20.0. The minimum Gasteiger partial charge on any atom is -0.388 e. The van der Waals surface area contributed by atoms with Gasteiger partial charge in [-0.3, -0.25) is 4.52 Å². The number of hydrogen-bond acceptors (Lipinski definition) is 4. The zero-order chi connectivity index (χ0) is 22.3. The summed E-state index contributed by atoms with van der Waals surface area (Å²) in [5, 5.41) is 9.47. The Kier molecular flexibility index (Phi) is 21.8. The Bertz CT molecular complexity index is 424. The molecule has 6 nitrogen and oxygen atoms in total. The van der Waals surface area contributed by atoms with Gasteiger partial charge in [-0.1, -0.05) is 89.7 Å². The molecule has 3 N–H and O–H groups in total. The lowest BCUT2D eigenvalue weighted by Crippen LogP contribution is -2.21. The van der Waals surface area contributed by atoms with Crippen molar-refractivity contribution in [2.24, 2.45) is 0 Å². The van der Waals surface area contributed by atoms with E-state index in [0.29, 0.717) is 6.61 Å². The fourth-order valence-corrected chi connectivity index (χ4v) is 3.62. The monoisotopic (exact) mass is 450 g/mol. The first-order valence-corrected chi connectivity index (χ1v) is 13.6. The number of aliphatic hydroxyl groups is 1. The van der Waals surface area contributed by atoms with Crippen LogP contribution in [0.25, 0.3) is 0 Å². The molecular formula is C23H47O6P. The van der Waals surface area contributed by atoms with Gasteiger partial charge >= 0.3 is 7.82 Å². The lowest BCUT2D eigenvalue weighted by Gasteiger charge is -2.12. The standard InChI is InChI=1S/C23H47O6P/c1-2-3-4-5-6-7-8-9-10-11-12-13-14-15-16-17-18-19-20-28-21-23(24)22-29-30(25,26)27/h9-10,23-24H,2-8,11-22H2,1H3,(H2,25,26,27)/b10-9-. The highest BCUT2D eigenvalue weighted by Crippen LogP contribution is 2.35. The molecule has 0 bridgehead atoms. The van der Waals surface area contributed by atoms with Crippen LogP contribution in [0.5, 0.6) is 0 Å². The Morgan fingerprint density at radius 3 is 1.70 bits per heavy atom. The molecule has 180 valence electrons. The third-order valence-corrected chi connectivity index (χ3v) is 5.53. The summed E-state index contributed by atoms with van der Waals surface area (Å²) in [5.41, 5.74) is 0. The fourth-order valence-electron chi connectivity index (χ4n) is 3.26. The Balaban J connectivity index is 3.19. The quantitative estimate of drug-likeness (QED) is 0.0961. The summed E-state index contributed by atoms with van der Waals surface area (Å²) in [6, 6.07) is 0. The van der Waals surface area contributed by atoms with Crippen molar-refractivity contribution in [2.45, 2.75) is 116 Å². The van der Waals surface area contributed by atoms with Crippen LogP contribution in [0.3, 0.4) is 0 Å². The molecule has 0 aromatic heterocycles. The van der Waals surface area contributed by atoms with Crippen LogP contribution in [0.4, 0.5) is 0 Å². The van der Waals surface area contributed by atoms with Gasteiger partial charge in [0.05, 0.1) is 13.2 Å². The van der Waals surface area contributed by atoms with Crippen LogP contribution in [0, 0.1) is 0 Å². The number of unbranched alkanes of at least 4 members (excludes halogenated alkanes) is 14. The highest BCUT2D eigenvalue weighted by Gasteiger charge is 2.16. The van der Waals surface area contributed by atoms with Gasteiger partial charge < -0.3 is 19.6 Å². The van der Waals surface area contributed by atoms with Crippen molar-refractivity contribution in [3.8, 4) is 0 Å². The van der Waals surface area contributed by atoms with Gasteiger partial charge in [0.15, 0.2) is 0 Å². The molecule has 30 heavy (non-hydrogen) atoms. The van der Waals surface area contributed by atoms with Gasteiger partial charge in [-0.2, -0.15) is 0 Å². The van der Waals surface area contributed by atoms with Gasteiger partial charge in [-0.15, -0.1) is 0 Å². The molecule has 1 unspecified atom stereocenters. The molecule has 1 atom stereocenters. The topological polar surface area (TPSA) is 96.2 Å². The van der Waals surface area contributed by atoms with Gasteiger partial charge in [0.1, 0.15) is 6.10 Å². The largest absolute Gasteiger partial charge is 0.469 e. The van der Waals surface area contributed by atoms with Crippen LogP contribution < -0.4 is 0 Å². The van der Waals surface area contributed by atoms with Crippen molar-refractivity contribution >= 4 is 7.82 Å². The van der Waals surface area contributed by atoms with E-state index in [1.165, 1.54) is 89.9 Å². The Hall–Kier alpha value is -0.230. The molecule has 0 rings (SSSR count). The molecule has 0 aromatic carbocycles. The molecule has 0 amide bonds. The molecule has 0 radical (unpaired) electrons. The van der Waals surface area contributed by atoms with Crippen molar-refractivity contribution in [1.82, 2.24) is 0 Å². The molecular weight excluding hydrogens is 403 g/mol. The maximum atomic E-state index is 10.5. The molecule has 0 spiro atoms. The predicted molar refractivity (Wildman–Crippen MR) is 124 cm³/mol.